The molecule has 4 heteroatoms. The van der Waals surface area contributed by atoms with Crippen LogP contribution >= 0.6 is 0 Å². The molecule has 1 aromatic rings. The number of rotatable bonds is 4. The van der Waals surface area contributed by atoms with E-state index in [0.717, 1.165) is 18.8 Å². The van der Waals surface area contributed by atoms with Crippen LogP contribution in [0.15, 0.2) is 12.5 Å². The van der Waals surface area contributed by atoms with Gasteiger partial charge < -0.3 is 15.2 Å². The third-order valence-electron chi connectivity index (χ3n) is 1.70. The van der Waals surface area contributed by atoms with E-state index in [-0.39, 0.29) is 0 Å². The first-order valence-electron chi connectivity index (χ1n) is 4.08. The molecule has 0 unspecified atom stereocenters. The van der Waals surface area contributed by atoms with E-state index in [2.05, 4.69) is 28.5 Å². The van der Waals surface area contributed by atoms with Crippen LogP contribution in [0, 0.1) is 0 Å². The Morgan fingerprint density at radius 1 is 1.58 bits per heavy atom. The van der Waals surface area contributed by atoms with Gasteiger partial charge in [0, 0.05) is 25.8 Å². The molecule has 2 N–H and O–H groups in total. The van der Waals surface area contributed by atoms with Gasteiger partial charge in [0.2, 0.25) is 0 Å². The summed E-state index contributed by atoms with van der Waals surface area (Å²) < 4.78 is 2.06. The molecule has 0 aliphatic rings. The quantitative estimate of drug-likeness (QED) is 0.683. The zero-order valence-corrected chi connectivity index (χ0v) is 7.70. The largest absolute Gasteiger partial charge is 0.336 e. The first kappa shape index (κ1) is 9.22. The van der Waals surface area contributed by atoms with Gasteiger partial charge in [-0.15, -0.1) is 0 Å². The number of hydrogen-bond acceptors (Lipinski definition) is 3. The van der Waals surface area contributed by atoms with Gasteiger partial charge in [-0.2, -0.15) is 0 Å². The van der Waals surface area contributed by atoms with Crippen LogP contribution in [0.25, 0.3) is 0 Å². The molecule has 1 heterocycles. The van der Waals surface area contributed by atoms with Crippen LogP contribution in [0.1, 0.15) is 5.69 Å². The third-order valence-corrected chi connectivity index (χ3v) is 1.70. The fourth-order valence-electron chi connectivity index (χ4n) is 0.950. The van der Waals surface area contributed by atoms with Gasteiger partial charge >= 0.3 is 0 Å². The molecule has 0 bridgehead atoms. The van der Waals surface area contributed by atoms with Crippen molar-refractivity contribution in [3.05, 3.63) is 18.2 Å². The van der Waals surface area contributed by atoms with Crippen molar-refractivity contribution in [3.63, 3.8) is 0 Å². The summed E-state index contributed by atoms with van der Waals surface area (Å²) in [6.07, 6.45) is 3.81. The summed E-state index contributed by atoms with van der Waals surface area (Å²) in [5.74, 6) is 0. The van der Waals surface area contributed by atoms with Gasteiger partial charge in [0.15, 0.2) is 0 Å². The monoisotopic (exact) mass is 168 g/mol. The molecule has 0 atom stereocenters. The molecule has 1 aromatic heterocycles. The average Bonchev–Trinajstić information content (AvgIpc) is 2.48. The number of nitrogens with zero attached hydrogens (tertiary/aromatic N) is 3. The minimum absolute atomic E-state index is 0.523. The van der Waals surface area contributed by atoms with Crippen LogP contribution in [0.2, 0.25) is 0 Å². The van der Waals surface area contributed by atoms with Crippen LogP contribution < -0.4 is 5.73 Å². The fraction of sp³-hybridized carbons (Fsp3) is 0.625. The van der Waals surface area contributed by atoms with Gasteiger partial charge in [0.05, 0.1) is 12.0 Å². The highest BCUT2D eigenvalue weighted by atomic mass is 15.1. The second-order valence-electron chi connectivity index (χ2n) is 3.11. The molecule has 0 aliphatic carbocycles. The molecule has 0 aromatic carbocycles. The van der Waals surface area contributed by atoms with E-state index in [1.807, 2.05) is 12.5 Å². The van der Waals surface area contributed by atoms with Crippen LogP contribution in [-0.2, 0) is 13.1 Å². The lowest BCUT2D eigenvalue weighted by molar-refractivity contribution is 0.384. The SMILES string of the molecule is CN(C)CCn1cnc(CN)c1. The fourth-order valence-corrected chi connectivity index (χ4v) is 0.950. The Hall–Kier alpha value is -0.870. The standard InChI is InChI=1S/C8H16N4/c1-11(2)3-4-12-6-8(5-9)10-7-12/h6-7H,3-5,9H2,1-2H3. The molecule has 0 saturated heterocycles. The molecular formula is C8H16N4. The van der Waals surface area contributed by atoms with Gasteiger partial charge in [-0.1, -0.05) is 0 Å². The Labute approximate surface area is 73.0 Å². The van der Waals surface area contributed by atoms with Crippen molar-refractivity contribution in [2.24, 2.45) is 5.73 Å². The molecule has 0 aliphatic heterocycles. The summed E-state index contributed by atoms with van der Waals surface area (Å²) in [4.78, 5) is 6.27. The minimum Gasteiger partial charge on any atom is -0.336 e. The summed E-state index contributed by atoms with van der Waals surface area (Å²) in [6.45, 7) is 2.52. The highest BCUT2D eigenvalue weighted by Crippen LogP contribution is 1.94. The molecule has 0 spiro atoms. The highest BCUT2D eigenvalue weighted by Gasteiger charge is 1.96. The van der Waals surface area contributed by atoms with Gasteiger partial charge in [-0.05, 0) is 14.1 Å². The topological polar surface area (TPSA) is 47.1 Å². The normalized spacial score (nSPS) is 11.0. The molecule has 68 valence electrons. The summed E-state index contributed by atoms with van der Waals surface area (Å²) in [5, 5.41) is 0. The Morgan fingerprint density at radius 2 is 2.33 bits per heavy atom. The van der Waals surface area contributed by atoms with E-state index in [0.29, 0.717) is 6.54 Å². The van der Waals surface area contributed by atoms with E-state index in [9.17, 15) is 0 Å². The smallest absolute Gasteiger partial charge is 0.0950 e. The number of aromatic nitrogens is 2. The zero-order valence-electron chi connectivity index (χ0n) is 7.70. The Bertz CT molecular complexity index is 229. The van der Waals surface area contributed by atoms with Crippen molar-refractivity contribution < 1.29 is 0 Å². The lowest BCUT2D eigenvalue weighted by Crippen LogP contribution is -2.17. The average molecular weight is 168 g/mol. The van der Waals surface area contributed by atoms with Gasteiger partial charge in [0.1, 0.15) is 0 Å². The van der Waals surface area contributed by atoms with Gasteiger partial charge in [-0.25, -0.2) is 4.98 Å². The van der Waals surface area contributed by atoms with E-state index in [4.69, 9.17) is 5.73 Å². The number of hydrogen-bond donors (Lipinski definition) is 1. The Morgan fingerprint density at radius 3 is 2.83 bits per heavy atom. The lowest BCUT2D eigenvalue weighted by Gasteiger charge is -2.08. The molecule has 4 nitrogen and oxygen atoms in total. The van der Waals surface area contributed by atoms with E-state index in [1.165, 1.54) is 0 Å². The number of likely N-dealkylation sites (N-methyl/N-ethyl adjacent to an activating group) is 1. The van der Waals surface area contributed by atoms with Crippen molar-refractivity contribution in [3.8, 4) is 0 Å². The van der Waals surface area contributed by atoms with E-state index >= 15 is 0 Å². The van der Waals surface area contributed by atoms with Crippen molar-refractivity contribution in [1.29, 1.82) is 0 Å². The van der Waals surface area contributed by atoms with Crippen LogP contribution in [0.4, 0.5) is 0 Å². The predicted octanol–water partition coefficient (Wildman–Crippen LogP) is -0.0966. The summed E-state index contributed by atoms with van der Waals surface area (Å²) >= 11 is 0. The third kappa shape index (κ3) is 2.64. The molecule has 1 rings (SSSR count). The van der Waals surface area contributed by atoms with Crippen molar-refractivity contribution >= 4 is 0 Å². The van der Waals surface area contributed by atoms with Gasteiger partial charge in [0.25, 0.3) is 0 Å². The summed E-state index contributed by atoms with van der Waals surface area (Å²) in [5.41, 5.74) is 6.39. The van der Waals surface area contributed by atoms with Crippen molar-refractivity contribution in [1.82, 2.24) is 14.5 Å². The molecule has 0 amide bonds. The maximum Gasteiger partial charge on any atom is 0.0950 e. The van der Waals surface area contributed by atoms with Crippen LogP contribution in [0.5, 0.6) is 0 Å². The lowest BCUT2D eigenvalue weighted by atomic mass is 10.5. The maximum atomic E-state index is 5.43. The summed E-state index contributed by atoms with van der Waals surface area (Å²) in [7, 11) is 4.11. The highest BCUT2D eigenvalue weighted by molar-refractivity contribution is 4.95. The number of nitrogens with two attached hydrogens (primary N) is 1. The van der Waals surface area contributed by atoms with Crippen LogP contribution in [0.3, 0.4) is 0 Å². The predicted molar refractivity (Wildman–Crippen MR) is 48.7 cm³/mol. The summed E-state index contributed by atoms with van der Waals surface area (Å²) in [6, 6.07) is 0. The molecule has 0 fully saturated rings. The van der Waals surface area contributed by atoms with E-state index in [1.54, 1.807) is 0 Å². The molecular weight excluding hydrogens is 152 g/mol. The first-order chi connectivity index (χ1) is 5.72. The van der Waals surface area contributed by atoms with Gasteiger partial charge in [-0.3, -0.25) is 0 Å². The Balaban J connectivity index is 2.41. The van der Waals surface area contributed by atoms with Crippen molar-refractivity contribution in [2.45, 2.75) is 13.1 Å². The molecule has 0 saturated carbocycles. The van der Waals surface area contributed by atoms with Crippen molar-refractivity contribution in [2.75, 3.05) is 20.6 Å². The molecule has 0 radical (unpaired) electrons. The van der Waals surface area contributed by atoms with Crippen LogP contribution in [-0.4, -0.2) is 35.1 Å². The Kier molecular flexibility index (Phi) is 3.25. The second kappa shape index (κ2) is 4.23. The first-order valence-corrected chi connectivity index (χ1v) is 4.08. The second-order valence-corrected chi connectivity index (χ2v) is 3.11. The van der Waals surface area contributed by atoms with E-state index < -0.39 is 0 Å². The maximum absolute atomic E-state index is 5.43. The molecule has 12 heavy (non-hydrogen) atoms. The minimum atomic E-state index is 0.523. The number of imidazole rings is 1. The zero-order chi connectivity index (χ0) is 8.97.